The summed E-state index contributed by atoms with van der Waals surface area (Å²) >= 11 is 0. The first-order valence-electron chi connectivity index (χ1n) is 5.57. The maximum atomic E-state index is 5.28. The molecule has 0 spiro atoms. The van der Waals surface area contributed by atoms with Crippen molar-refractivity contribution >= 4 is 0 Å². The Kier molecular flexibility index (Phi) is 4.16. The van der Waals surface area contributed by atoms with Gasteiger partial charge in [-0.2, -0.15) is 0 Å². The van der Waals surface area contributed by atoms with Gasteiger partial charge in [-0.1, -0.05) is 12.1 Å². The second-order valence-corrected chi connectivity index (χ2v) is 3.78. The molecule has 16 heavy (non-hydrogen) atoms. The van der Waals surface area contributed by atoms with Gasteiger partial charge in [0.15, 0.2) is 0 Å². The molecule has 4 heteroatoms. The lowest BCUT2D eigenvalue weighted by atomic mass is 10.2. The second-order valence-electron chi connectivity index (χ2n) is 3.78. The molecule has 88 valence electrons. The van der Waals surface area contributed by atoms with Gasteiger partial charge in [-0.05, 0) is 17.7 Å². The first-order chi connectivity index (χ1) is 7.88. The normalized spacial score (nSPS) is 17.3. The van der Waals surface area contributed by atoms with Crippen LogP contribution in [0.15, 0.2) is 24.3 Å². The molecule has 0 unspecified atom stereocenters. The minimum Gasteiger partial charge on any atom is -0.497 e. The van der Waals surface area contributed by atoms with Crippen molar-refractivity contribution < 1.29 is 9.47 Å². The van der Waals surface area contributed by atoms with Crippen LogP contribution in [0.3, 0.4) is 0 Å². The quantitative estimate of drug-likeness (QED) is 0.825. The summed E-state index contributed by atoms with van der Waals surface area (Å²) in [7, 11) is 1.68. The van der Waals surface area contributed by atoms with Crippen molar-refractivity contribution in [3.8, 4) is 5.75 Å². The van der Waals surface area contributed by atoms with E-state index in [2.05, 4.69) is 22.6 Å². The summed E-state index contributed by atoms with van der Waals surface area (Å²) in [5, 5.41) is 2.20. The Morgan fingerprint density at radius 1 is 1.25 bits per heavy atom. The third-order valence-corrected chi connectivity index (χ3v) is 2.68. The molecule has 0 bridgehead atoms. The van der Waals surface area contributed by atoms with E-state index in [4.69, 9.17) is 9.47 Å². The van der Waals surface area contributed by atoms with E-state index in [1.165, 1.54) is 5.56 Å². The van der Waals surface area contributed by atoms with Crippen molar-refractivity contribution in [1.29, 1.82) is 0 Å². The van der Waals surface area contributed by atoms with Gasteiger partial charge in [0.2, 0.25) is 0 Å². The van der Waals surface area contributed by atoms with E-state index in [1.54, 1.807) is 7.11 Å². The van der Waals surface area contributed by atoms with Gasteiger partial charge in [0.05, 0.1) is 20.3 Å². The molecule has 1 heterocycles. The van der Waals surface area contributed by atoms with Crippen molar-refractivity contribution in [3.05, 3.63) is 29.8 Å². The SMILES string of the molecule is COc1ccc(CNN2CCOCC2)cc1. The minimum atomic E-state index is 0.815. The van der Waals surface area contributed by atoms with Crippen LogP contribution in [-0.2, 0) is 11.3 Å². The number of morpholine rings is 1. The molecule has 0 saturated carbocycles. The molecule has 0 aliphatic carbocycles. The fraction of sp³-hybridized carbons (Fsp3) is 0.500. The fourth-order valence-electron chi connectivity index (χ4n) is 1.67. The number of hydrogen-bond donors (Lipinski definition) is 1. The number of nitrogens with zero attached hydrogens (tertiary/aromatic N) is 1. The molecule has 4 nitrogen and oxygen atoms in total. The van der Waals surface area contributed by atoms with Gasteiger partial charge in [-0.3, -0.25) is 5.43 Å². The van der Waals surface area contributed by atoms with Gasteiger partial charge in [-0.15, -0.1) is 0 Å². The van der Waals surface area contributed by atoms with Gasteiger partial charge < -0.3 is 9.47 Å². The average molecular weight is 222 g/mol. The van der Waals surface area contributed by atoms with Crippen molar-refractivity contribution in [2.24, 2.45) is 0 Å². The molecule has 0 atom stereocenters. The zero-order valence-corrected chi connectivity index (χ0v) is 9.61. The minimum absolute atomic E-state index is 0.815. The summed E-state index contributed by atoms with van der Waals surface area (Å²) in [5.41, 5.74) is 4.64. The van der Waals surface area contributed by atoms with E-state index >= 15 is 0 Å². The number of hydrogen-bond acceptors (Lipinski definition) is 4. The van der Waals surface area contributed by atoms with E-state index < -0.39 is 0 Å². The molecular formula is C12H18N2O2. The Morgan fingerprint density at radius 2 is 1.94 bits per heavy atom. The molecule has 0 aromatic heterocycles. The first-order valence-corrected chi connectivity index (χ1v) is 5.57. The van der Waals surface area contributed by atoms with Crippen LogP contribution < -0.4 is 10.2 Å². The monoisotopic (exact) mass is 222 g/mol. The third-order valence-electron chi connectivity index (χ3n) is 2.68. The van der Waals surface area contributed by atoms with Gasteiger partial charge in [-0.25, -0.2) is 5.01 Å². The van der Waals surface area contributed by atoms with Crippen LogP contribution >= 0.6 is 0 Å². The third kappa shape index (κ3) is 3.20. The molecule has 1 aromatic rings. The van der Waals surface area contributed by atoms with E-state index in [0.29, 0.717) is 0 Å². The standard InChI is InChI=1S/C12H18N2O2/c1-15-12-4-2-11(3-5-12)10-13-14-6-8-16-9-7-14/h2-5,13H,6-10H2,1H3. The lowest BCUT2D eigenvalue weighted by molar-refractivity contribution is 0.0106. The molecule has 0 radical (unpaired) electrons. The van der Waals surface area contributed by atoms with Crippen LogP contribution in [0, 0.1) is 0 Å². The second kappa shape index (κ2) is 5.84. The molecule has 1 aliphatic rings. The largest absolute Gasteiger partial charge is 0.497 e. The van der Waals surface area contributed by atoms with Crippen LogP contribution in [0.5, 0.6) is 5.75 Å². The predicted molar refractivity (Wildman–Crippen MR) is 62.2 cm³/mol. The molecule has 1 saturated heterocycles. The molecule has 1 aromatic carbocycles. The Hall–Kier alpha value is -1.10. The molecule has 1 N–H and O–H groups in total. The number of benzene rings is 1. The highest BCUT2D eigenvalue weighted by molar-refractivity contribution is 5.26. The zero-order chi connectivity index (χ0) is 11.2. The van der Waals surface area contributed by atoms with E-state index in [1.807, 2.05) is 12.1 Å². The summed E-state index contributed by atoms with van der Waals surface area (Å²) in [6.45, 7) is 4.39. The van der Waals surface area contributed by atoms with Crippen molar-refractivity contribution in [3.63, 3.8) is 0 Å². The van der Waals surface area contributed by atoms with Crippen molar-refractivity contribution in [2.45, 2.75) is 6.54 Å². The van der Waals surface area contributed by atoms with Gasteiger partial charge in [0.25, 0.3) is 0 Å². The Bertz CT molecular complexity index is 307. The number of methoxy groups -OCH3 is 1. The highest BCUT2D eigenvalue weighted by atomic mass is 16.5. The molecular weight excluding hydrogens is 204 g/mol. The lowest BCUT2D eigenvalue weighted by Gasteiger charge is -2.27. The van der Waals surface area contributed by atoms with Crippen LogP contribution in [0.4, 0.5) is 0 Å². The lowest BCUT2D eigenvalue weighted by Crippen LogP contribution is -2.45. The Labute approximate surface area is 96.1 Å². The molecule has 1 fully saturated rings. The van der Waals surface area contributed by atoms with Crippen LogP contribution in [0.25, 0.3) is 0 Å². The number of ether oxygens (including phenoxy) is 2. The highest BCUT2D eigenvalue weighted by Gasteiger charge is 2.08. The van der Waals surface area contributed by atoms with E-state index in [-0.39, 0.29) is 0 Å². The van der Waals surface area contributed by atoms with E-state index in [0.717, 1.165) is 38.6 Å². The van der Waals surface area contributed by atoms with Crippen LogP contribution in [0.1, 0.15) is 5.56 Å². The Balaban J connectivity index is 1.79. The number of hydrazine groups is 1. The van der Waals surface area contributed by atoms with Gasteiger partial charge in [0, 0.05) is 19.6 Å². The average Bonchev–Trinajstić information content (AvgIpc) is 2.38. The topological polar surface area (TPSA) is 33.7 Å². The summed E-state index contributed by atoms with van der Waals surface area (Å²) in [6, 6.07) is 8.12. The fourth-order valence-corrected chi connectivity index (χ4v) is 1.67. The van der Waals surface area contributed by atoms with Gasteiger partial charge >= 0.3 is 0 Å². The maximum Gasteiger partial charge on any atom is 0.118 e. The van der Waals surface area contributed by atoms with E-state index in [9.17, 15) is 0 Å². The molecule has 1 aliphatic heterocycles. The smallest absolute Gasteiger partial charge is 0.118 e. The maximum absolute atomic E-state index is 5.28. The summed E-state index contributed by atoms with van der Waals surface area (Å²) in [6.07, 6.45) is 0. The zero-order valence-electron chi connectivity index (χ0n) is 9.61. The summed E-state index contributed by atoms with van der Waals surface area (Å²) in [5.74, 6) is 0.898. The summed E-state index contributed by atoms with van der Waals surface area (Å²) < 4.78 is 10.4. The van der Waals surface area contributed by atoms with Gasteiger partial charge in [0.1, 0.15) is 5.75 Å². The van der Waals surface area contributed by atoms with Crippen molar-refractivity contribution in [1.82, 2.24) is 10.4 Å². The van der Waals surface area contributed by atoms with Crippen LogP contribution in [-0.4, -0.2) is 38.4 Å². The molecule has 0 amide bonds. The summed E-state index contributed by atoms with van der Waals surface area (Å²) in [4.78, 5) is 0. The molecule has 2 rings (SSSR count). The Morgan fingerprint density at radius 3 is 2.56 bits per heavy atom. The predicted octanol–water partition coefficient (Wildman–Crippen LogP) is 1.03. The van der Waals surface area contributed by atoms with Crippen molar-refractivity contribution in [2.75, 3.05) is 33.4 Å². The van der Waals surface area contributed by atoms with Crippen LogP contribution in [0.2, 0.25) is 0 Å². The number of nitrogens with one attached hydrogen (secondary N) is 1. The highest BCUT2D eigenvalue weighted by Crippen LogP contribution is 2.11. The first kappa shape index (κ1) is 11.4. The number of rotatable bonds is 4.